The van der Waals surface area contributed by atoms with Crippen LogP contribution in [0.1, 0.15) is 11.9 Å². The number of carbonyl (C=O) groups excluding carboxylic acids is 2. The molecule has 0 aliphatic rings. The van der Waals surface area contributed by atoms with Gasteiger partial charge in [-0.05, 0) is 6.92 Å². The highest BCUT2D eigenvalue weighted by Crippen LogP contribution is 2.22. The van der Waals surface area contributed by atoms with Crippen molar-refractivity contribution in [3.05, 3.63) is 5.01 Å². The minimum atomic E-state index is -0.660. The van der Waals surface area contributed by atoms with Crippen LogP contribution in [0.2, 0.25) is 0 Å². The van der Waals surface area contributed by atoms with Gasteiger partial charge in [-0.1, -0.05) is 23.1 Å². The standard InChI is InChI=1S/C9H13N3O3S2/c1-5(13)10-7(8(14)15-3)4-16-9-12-11-6(2)17-9/h7H,4H2,1-3H3,(H,10,13). The number of carbonyl (C=O) groups is 2. The Bertz CT molecular complexity index is 408. The Hall–Kier alpha value is -1.15. The molecule has 17 heavy (non-hydrogen) atoms. The molecule has 0 aromatic carbocycles. The maximum Gasteiger partial charge on any atom is 0.329 e. The lowest BCUT2D eigenvalue weighted by Gasteiger charge is -2.13. The molecule has 1 aromatic heterocycles. The van der Waals surface area contributed by atoms with Crippen LogP contribution in [-0.2, 0) is 14.3 Å². The van der Waals surface area contributed by atoms with Crippen molar-refractivity contribution in [2.45, 2.75) is 24.2 Å². The largest absolute Gasteiger partial charge is 0.467 e. The second-order valence-electron chi connectivity index (χ2n) is 3.17. The Morgan fingerprint density at radius 2 is 2.24 bits per heavy atom. The number of hydrogen-bond acceptors (Lipinski definition) is 7. The molecular formula is C9H13N3O3S2. The number of nitrogens with zero attached hydrogens (tertiary/aromatic N) is 2. The van der Waals surface area contributed by atoms with Gasteiger partial charge in [-0.3, -0.25) is 4.79 Å². The van der Waals surface area contributed by atoms with Crippen molar-refractivity contribution in [1.82, 2.24) is 15.5 Å². The lowest BCUT2D eigenvalue weighted by molar-refractivity contribution is -0.144. The molecule has 0 spiro atoms. The molecule has 94 valence electrons. The maximum atomic E-state index is 11.4. The summed E-state index contributed by atoms with van der Waals surface area (Å²) < 4.78 is 5.37. The third-order valence-corrected chi connectivity index (χ3v) is 3.81. The highest BCUT2D eigenvalue weighted by atomic mass is 32.2. The Morgan fingerprint density at radius 3 is 2.71 bits per heavy atom. The quantitative estimate of drug-likeness (QED) is 0.626. The second-order valence-corrected chi connectivity index (χ2v) is 5.62. The van der Waals surface area contributed by atoms with Crippen LogP contribution in [0, 0.1) is 6.92 Å². The molecule has 8 heteroatoms. The van der Waals surface area contributed by atoms with E-state index in [2.05, 4.69) is 20.3 Å². The Morgan fingerprint density at radius 1 is 1.53 bits per heavy atom. The molecule has 6 nitrogen and oxygen atoms in total. The normalized spacial score (nSPS) is 11.9. The monoisotopic (exact) mass is 275 g/mol. The van der Waals surface area contributed by atoms with Gasteiger partial charge in [0.2, 0.25) is 5.91 Å². The van der Waals surface area contributed by atoms with Gasteiger partial charge in [-0.2, -0.15) is 0 Å². The molecule has 1 atom stereocenters. The van der Waals surface area contributed by atoms with E-state index in [1.807, 2.05) is 6.92 Å². The van der Waals surface area contributed by atoms with Crippen LogP contribution in [0.3, 0.4) is 0 Å². The van der Waals surface area contributed by atoms with Crippen LogP contribution >= 0.6 is 23.1 Å². The van der Waals surface area contributed by atoms with Crippen LogP contribution in [0.5, 0.6) is 0 Å². The van der Waals surface area contributed by atoms with Crippen molar-refractivity contribution < 1.29 is 14.3 Å². The Kier molecular flexibility index (Phi) is 5.36. The number of ether oxygens (including phenoxy) is 1. The summed E-state index contributed by atoms with van der Waals surface area (Å²) in [4.78, 5) is 22.3. The second kappa shape index (κ2) is 6.55. The van der Waals surface area contributed by atoms with E-state index in [1.54, 1.807) is 0 Å². The van der Waals surface area contributed by atoms with Gasteiger partial charge in [-0.25, -0.2) is 4.79 Å². The number of hydrogen-bond donors (Lipinski definition) is 1. The van der Waals surface area contributed by atoms with Crippen LogP contribution in [-0.4, -0.2) is 41.0 Å². The minimum absolute atomic E-state index is 0.269. The first-order valence-corrected chi connectivity index (χ1v) is 6.61. The van der Waals surface area contributed by atoms with Crippen molar-refractivity contribution in [3.8, 4) is 0 Å². The number of nitrogens with one attached hydrogen (secondary N) is 1. The maximum absolute atomic E-state index is 11.4. The predicted octanol–water partition coefficient (Wildman–Crippen LogP) is 0.616. The van der Waals surface area contributed by atoms with Crippen LogP contribution in [0.25, 0.3) is 0 Å². The Labute approximate surface area is 107 Å². The molecule has 1 aromatic rings. The van der Waals surface area contributed by atoms with Crippen molar-refractivity contribution in [2.24, 2.45) is 0 Å². The number of aryl methyl sites for hydroxylation is 1. The van der Waals surface area contributed by atoms with Gasteiger partial charge in [0.25, 0.3) is 0 Å². The summed E-state index contributed by atoms with van der Waals surface area (Å²) in [5.41, 5.74) is 0. The molecular weight excluding hydrogens is 262 g/mol. The first-order chi connectivity index (χ1) is 8.02. The fraction of sp³-hybridized carbons (Fsp3) is 0.556. The number of rotatable bonds is 5. The van der Waals surface area contributed by atoms with Gasteiger partial charge in [0.1, 0.15) is 11.0 Å². The zero-order chi connectivity index (χ0) is 12.8. The molecule has 1 rings (SSSR count). The highest BCUT2D eigenvalue weighted by molar-refractivity contribution is 8.01. The highest BCUT2D eigenvalue weighted by Gasteiger charge is 2.20. The molecule has 0 bridgehead atoms. The summed E-state index contributed by atoms with van der Waals surface area (Å²) in [6, 6.07) is -0.660. The molecule has 0 saturated heterocycles. The van der Waals surface area contributed by atoms with Crippen molar-refractivity contribution in [1.29, 1.82) is 0 Å². The van der Waals surface area contributed by atoms with Crippen LogP contribution < -0.4 is 5.32 Å². The zero-order valence-corrected chi connectivity index (χ0v) is 11.4. The predicted molar refractivity (Wildman–Crippen MR) is 65.0 cm³/mol. The van der Waals surface area contributed by atoms with Gasteiger partial charge in [0.05, 0.1) is 7.11 Å². The van der Waals surface area contributed by atoms with Gasteiger partial charge < -0.3 is 10.1 Å². The number of methoxy groups -OCH3 is 1. The summed E-state index contributed by atoms with van der Waals surface area (Å²) in [6.45, 7) is 3.21. The summed E-state index contributed by atoms with van der Waals surface area (Å²) in [6.07, 6.45) is 0. The topological polar surface area (TPSA) is 81.2 Å². The fourth-order valence-electron chi connectivity index (χ4n) is 1.05. The van der Waals surface area contributed by atoms with E-state index in [4.69, 9.17) is 0 Å². The third kappa shape index (κ3) is 4.70. The molecule has 1 unspecified atom stereocenters. The SMILES string of the molecule is COC(=O)C(CSc1nnc(C)s1)NC(C)=O. The smallest absolute Gasteiger partial charge is 0.329 e. The molecule has 1 heterocycles. The van der Waals surface area contributed by atoms with Crippen molar-refractivity contribution in [3.63, 3.8) is 0 Å². The van der Waals surface area contributed by atoms with E-state index < -0.39 is 12.0 Å². The van der Waals surface area contributed by atoms with E-state index in [9.17, 15) is 9.59 Å². The molecule has 0 saturated carbocycles. The summed E-state index contributed by atoms with van der Waals surface area (Å²) >= 11 is 2.81. The average Bonchev–Trinajstić information content (AvgIpc) is 2.68. The van der Waals surface area contributed by atoms with E-state index >= 15 is 0 Å². The average molecular weight is 275 g/mol. The van der Waals surface area contributed by atoms with E-state index in [-0.39, 0.29) is 5.91 Å². The van der Waals surface area contributed by atoms with Gasteiger partial charge in [0.15, 0.2) is 4.34 Å². The zero-order valence-electron chi connectivity index (χ0n) is 9.72. The molecule has 0 radical (unpaired) electrons. The van der Waals surface area contributed by atoms with Gasteiger partial charge in [-0.15, -0.1) is 10.2 Å². The molecule has 0 fully saturated rings. The van der Waals surface area contributed by atoms with Crippen molar-refractivity contribution in [2.75, 3.05) is 12.9 Å². The van der Waals surface area contributed by atoms with E-state index in [0.29, 0.717) is 5.75 Å². The van der Waals surface area contributed by atoms with Crippen LogP contribution in [0.4, 0.5) is 0 Å². The van der Waals surface area contributed by atoms with Crippen LogP contribution in [0.15, 0.2) is 4.34 Å². The number of esters is 1. The fourth-order valence-corrected chi connectivity index (χ4v) is 2.89. The lowest BCUT2D eigenvalue weighted by Crippen LogP contribution is -2.42. The number of amides is 1. The number of thioether (sulfide) groups is 1. The first-order valence-electron chi connectivity index (χ1n) is 4.80. The molecule has 1 amide bonds. The summed E-state index contributed by atoms with van der Waals surface area (Å²) in [5, 5.41) is 11.2. The molecule has 0 aliphatic carbocycles. The minimum Gasteiger partial charge on any atom is -0.467 e. The number of aromatic nitrogens is 2. The van der Waals surface area contributed by atoms with Crippen molar-refractivity contribution >= 4 is 35.0 Å². The molecule has 0 aliphatic heterocycles. The van der Waals surface area contributed by atoms with E-state index in [0.717, 1.165) is 9.35 Å². The van der Waals surface area contributed by atoms with E-state index in [1.165, 1.54) is 37.1 Å². The third-order valence-electron chi connectivity index (χ3n) is 1.74. The first kappa shape index (κ1) is 13.9. The summed E-state index contributed by atoms with van der Waals surface area (Å²) in [5.74, 6) is -0.357. The Balaban J connectivity index is 2.54. The lowest BCUT2D eigenvalue weighted by atomic mass is 10.3. The summed E-state index contributed by atoms with van der Waals surface area (Å²) in [7, 11) is 1.29. The van der Waals surface area contributed by atoms with Gasteiger partial charge >= 0.3 is 5.97 Å². The van der Waals surface area contributed by atoms with Gasteiger partial charge in [0, 0.05) is 12.7 Å². The molecule has 1 N–H and O–H groups in total.